The molecule has 0 spiro atoms. The van der Waals surface area contributed by atoms with Gasteiger partial charge in [0.1, 0.15) is 0 Å². The molecule has 3 nitrogen and oxygen atoms in total. The molecule has 20 heavy (non-hydrogen) atoms. The molecule has 0 bridgehead atoms. The van der Waals surface area contributed by atoms with Crippen LogP contribution in [0, 0.1) is 5.92 Å². The summed E-state index contributed by atoms with van der Waals surface area (Å²) in [5.41, 5.74) is -1.35. The van der Waals surface area contributed by atoms with E-state index in [1.807, 2.05) is 0 Å². The number of rotatable bonds is 3. The van der Waals surface area contributed by atoms with Crippen molar-refractivity contribution in [3.05, 3.63) is 33.8 Å². The molecule has 0 aliphatic heterocycles. The highest BCUT2D eigenvalue weighted by atomic mass is 79.9. The van der Waals surface area contributed by atoms with Crippen molar-refractivity contribution >= 4 is 21.8 Å². The molecule has 0 saturated heterocycles. The SMILES string of the molecule is O=C(NCC1CC(O)C1)c1ccc(Br)cc1C(F)(F)F. The van der Waals surface area contributed by atoms with Crippen LogP contribution in [0.25, 0.3) is 0 Å². The molecular weight excluding hydrogens is 339 g/mol. The van der Waals surface area contributed by atoms with Crippen molar-refractivity contribution in [3.63, 3.8) is 0 Å². The number of hydrogen-bond acceptors (Lipinski definition) is 2. The Bertz CT molecular complexity index is 513. The number of nitrogens with one attached hydrogen (secondary N) is 1. The van der Waals surface area contributed by atoms with E-state index in [0.29, 0.717) is 12.8 Å². The number of carbonyl (C=O) groups is 1. The fraction of sp³-hybridized carbons (Fsp3) is 0.462. The van der Waals surface area contributed by atoms with Crippen molar-refractivity contribution in [2.24, 2.45) is 5.92 Å². The highest BCUT2D eigenvalue weighted by Gasteiger charge is 2.35. The Balaban J connectivity index is 2.09. The second-order valence-corrected chi connectivity index (χ2v) is 5.80. The van der Waals surface area contributed by atoms with E-state index in [1.165, 1.54) is 6.07 Å². The van der Waals surface area contributed by atoms with Gasteiger partial charge in [-0.05, 0) is 37.0 Å². The van der Waals surface area contributed by atoms with Crippen LogP contribution in [0.3, 0.4) is 0 Å². The Morgan fingerprint density at radius 1 is 1.40 bits per heavy atom. The lowest BCUT2D eigenvalue weighted by Gasteiger charge is -2.31. The molecule has 1 aliphatic carbocycles. The molecule has 1 saturated carbocycles. The summed E-state index contributed by atoms with van der Waals surface area (Å²) in [5, 5.41) is 11.6. The van der Waals surface area contributed by atoms with E-state index in [4.69, 9.17) is 5.11 Å². The summed E-state index contributed by atoms with van der Waals surface area (Å²) in [7, 11) is 0. The van der Waals surface area contributed by atoms with E-state index in [0.717, 1.165) is 12.1 Å². The molecule has 1 amide bonds. The van der Waals surface area contributed by atoms with Gasteiger partial charge in [0.2, 0.25) is 0 Å². The maximum Gasteiger partial charge on any atom is 0.417 e. The number of aliphatic hydroxyl groups is 1. The predicted molar refractivity (Wildman–Crippen MR) is 70.2 cm³/mol. The lowest BCUT2D eigenvalue weighted by Crippen LogP contribution is -2.38. The van der Waals surface area contributed by atoms with Gasteiger partial charge in [-0.1, -0.05) is 15.9 Å². The van der Waals surface area contributed by atoms with Gasteiger partial charge < -0.3 is 10.4 Å². The smallest absolute Gasteiger partial charge is 0.393 e. The van der Waals surface area contributed by atoms with Crippen LogP contribution in [0.4, 0.5) is 13.2 Å². The number of aliphatic hydroxyl groups excluding tert-OH is 1. The number of hydrogen-bond donors (Lipinski definition) is 2. The molecule has 2 rings (SSSR count). The van der Waals surface area contributed by atoms with Crippen LogP contribution in [0.1, 0.15) is 28.8 Å². The Morgan fingerprint density at radius 3 is 2.60 bits per heavy atom. The van der Waals surface area contributed by atoms with Crippen molar-refractivity contribution in [3.8, 4) is 0 Å². The van der Waals surface area contributed by atoms with Gasteiger partial charge in [0.25, 0.3) is 5.91 Å². The van der Waals surface area contributed by atoms with Crippen LogP contribution in [0.2, 0.25) is 0 Å². The average molecular weight is 352 g/mol. The van der Waals surface area contributed by atoms with Gasteiger partial charge >= 0.3 is 6.18 Å². The van der Waals surface area contributed by atoms with Crippen LogP contribution in [0.5, 0.6) is 0 Å². The first-order chi connectivity index (χ1) is 9.27. The molecule has 0 aromatic heterocycles. The zero-order valence-electron chi connectivity index (χ0n) is 10.4. The molecule has 0 radical (unpaired) electrons. The fourth-order valence-electron chi connectivity index (χ4n) is 2.15. The second kappa shape index (κ2) is 5.73. The van der Waals surface area contributed by atoms with E-state index >= 15 is 0 Å². The van der Waals surface area contributed by atoms with Crippen LogP contribution >= 0.6 is 15.9 Å². The zero-order chi connectivity index (χ0) is 14.9. The molecule has 1 aromatic rings. The molecule has 7 heteroatoms. The average Bonchev–Trinajstić information content (AvgIpc) is 2.31. The van der Waals surface area contributed by atoms with Gasteiger partial charge in [-0.3, -0.25) is 4.79 Å². The Kier molecular flexibility index (Phi) is 4.39. The monoisotopic (exact) mass is 351 g/mol. The van der Waals surface area contributed by atoms with Gasteiger partial charge in [-0.15, -0.1) is 0 Å². The molecule has 110 valence electrons. The third-order valence-electron chi connectivity index (χ3n) is 3.29. The van der Waals surface area contributed by atoms with Crippen molar-refractivity contribution < 1.29 is 23.1 Å². The van der Waals surface area contributed by atoms with Gasteiger partial charge in [-0.25, -0.2) is 0 Å². The summed E-state index contributed by atoms with van der Waals surface area (Å²) >= 11 is 2.97. The number of alkyl halides is 3. The quantitative estimate of drug-likeness (QED) is 0.879. The standard InChI is InChI=1S/C13H13BrF3NO2/c14-8-1-2-10(11(5-8)13(15,16)17)12(20)18-6-7-3-9(19)4-7/h1-2,5,7,9,19H,3-4,6H2,(H,18,20). The third kappa shape index (κ3) is 3.52. The number of amides is 1. The summed E-state index contributed by atoms with van der Waals surface area (Å²) < 4.78 is 38.9. The summed E-state index contributed by atoms with van der Waals surface area (Å²) in [6, 6.07) is 3.44. The van der Waals surface area contributed by atoms with Gasteiger partial charge in [0.15, 0.2) is 0 Å². The first-order valence-electron chi connectivity index (χ1n) is 6.10. The molecule has 0 unspecified atom stereocenters. The maximum atomic E-state index is 12.9. The van der Waals surface area contributed by atoms with Crippen molar-refractivity contribution in [2.75, 3.05) is 6.54 Å². The Hall–Kier alpha value is -1.08. The van der Waals surface area contributed by atoms with Crippen molar-refractivity contribution in [1.29, 1.82) is 0 Å². The minimum Gasteiger partial charge on any atom is -0.393 e. The minimum atomic E-state index is -4.58. The van der Waals surface area contributed by atoms with Gasteiger partial charge in [0, 0.05) is 11.0 Å². The Labute approximate surface area is 122 Å². The first-order valence-corrected chi connectivity index (χ1v) is 6.89. The van der Waals surface area contributed by atoms with Crippen LogP contribution in [-0.4, -0.2) is 23.7 Å². The highest BCUT2D eigenvalue weighted by Crippen LogP contribution is 2.34. The molecule has 2 N–H and O–H groups in total. The van der Waals surface area contributed by atoms with Gasteiger partial charge in [-0.2, -0.15) is 13.2 Å². The summed E-state index contributed by atoms with van der Waals surface area (Å²) in [6.07, 6.45) is -3.78. The predicted octanol–water partition coefficient (Wildman–Crippen LogP) is 2.97. The van der Waals surface area contributed by atoms with E-state index in [9.17, 15) is 18.0 Å². The lowest BCUT2D eigenvalue weighted by atomic mass is 9.82. The van der Waals surface area contributed by atoms with E-state index in [1.54, 1.807) is 0 Å². The van der Waals surface area contributed by atoms with Gasteiger partial charge in [0.05, 0.1) is 17.2 Å². The normalized spacial score (nSPS) is 22.2. The zero-order valence-corrected chi connectivity index (χ0v) is 12.0. The molecule has 1 aliphatic rings. The van der Waals surface area contributed by atoms with Crippen LogP contribution in [0.15, 0.2) is 22.7 Å². The van der Waals surface area contributed by atoms with Crippen LogP contribution in [-0.2, 0) is 6.18 Å². The van der Waals surface area contributed by atoms with Crippen LogP contribution < -0.4 is 5.32 Å². The number of benzene rings is 1. The largest absolute Gasteiger partial charge is 0.417 e. The number of carbonyl (C=O) groups excluding carboxylic acids is 1. The summed E-state index contributed by atoms with van der Waals surface area (Å²) in [4.78, 5) is 11.9. The van der Waals surface area contributed by atoms with Crippen molar-refractivity contribution in [1.82, 2.24) is 5.32 Å². The molecular formula is C13H13BrF3NO2. The van der Waals surface area contributed by atoms with E-state index < -0.39 is 17.6 Å². The number of halogens is 4. The molecule has 0 atom stereocenters. The Morgan fingerprint density at radius 2 is 2.05 bits per heavy atom. The first kappa shape index (κ1) is 15.3. The lowest BCUT2D eigenvalue weighted by molar-refractivity contribution is -0.138. The van der Waals surface area contributed by atoms with Crippen molar-refractivity contribution in [2.45, 2.75) is 25.1 Å². The summed E-state index contributed by atoms with van der Waals surface area (Å²) in [5.74, 6) is -0.607. The second-order valence-electron chi connectivity index (χ2n) is 4.89. The minimum absolute atomic E-state index is 0.138. The van der Waals surface area contributed by atoms with E-state index in [-0.39, 0.29) is 28.6 Å². The summed E-state index contributed by atoms with van der Waals surface area (Å²) in [6.45, 7) is 0.281. The maximum absolute atomic E-state index is 12.9. The molecule has 1 fully saturated rings. The molecule has 1 aromatic carbocycles. The highest BCUT2D eigenvalue weighted by molar-refractivity contribution is 9.10. The topological polar surface area (TPSA) is 49.3 Å². The fourth-order valence-corrected chi connectivity index (χ4v) is 2.51. The molecule has 0 heterocycles. The van der Waals surface area contributed by atoms with E-state index in [2.05, 4.69) is 21.2 Å². The third-order valence-corrected chi connectivity index (χ3v) is 3.79.